The Kier molecular flexibility index (Phi) is 3.40. The fraction of sp³-hybridized carbons (Fsp3) is 0.250. The Labute approximate surface area is 103 Å². The number of nitrogens with two attached hydrogens (primary N) is 1. The number of thiazole rings is 1. The first kappa shape index (κ1) is 12.0. The van der Waals surface area contributed by atoms with Crippen molar-refractivity contribution < 1.29 is 9.50 Å². The second kappa shape index (κ2) is 4.81. The summed E-state index contributed by atoms with van der Waals surface area (Å²) in [5.74, 6) is -0.400. The molecule has 1 aromatic carbocycles. The van der Waals surface area contributed by atoms with E-state index < -0.39 is 11.9 Å². The van der Waals surface area contributed by atoms with Gasteiger partial charge < -0.3 is 10.8 Å². The van der Waals surface area contributed by atoms with Crippen LogP contribution in [0.4, 0.5) is 10.1 Å². The topological polar surface area (TPSA) is 59.1 Å². The third-order valence-corrected chi connectivity index (χ3v) is 3.30. The number of hydrogen-bond acceptors (Lipinski definition) is 4. The highest BCUT2D eigenvalue weighted by Crippen LogP contribution is 2.25. The Morgan fingerprint density at radius 2 is 2.29 bits per heavy atom. The van der Waals surface area contributed by atoms with E-state index >= 15 is 0 Å². The molecule has 0 fully saturated rings. The summed E-state index contributed by atoms with van der Waals surface area (Å²) in [6, 6.07) is 4.00. The molecule has 0 bridgehead atoms. The summed E-state index contributed by atoms with van der Waals surface area (Å²) in [6.07, 6.45) is -0.481. The van der Waals surface area contributed by atoms with E-state index in [1.54, 1.807) is 0 Å². The monoisotopic (exact) mass is 252 g/mol. The van der Waals surface area contributed by atoms with E-state index in [2.05, 4.69) is 4.98 Å². The van der Waals surface area contributed by atoms with Crippen molar-refractivity contribution in [2.24, 2.45) is 0 Å². The molecule has 3 nitrogen and oxygen atoms in total. The second-order valence-electron chi connectivity index (χ2n) is 3.85. The molecule has 1 atom stereocenters. The average Bonchev–Trinajstić information content (AvgIpc) is 2.67. The van der Waals surface area contributed by atoms with Crippen molar-refractivity contribution in [3.8, 4) is 0 Å². The molecule has 3 N–H and O–H groups in total. The summed E-state index contributed by atoms with van der Waals surface area (Å²) in [5, 5.41) is 12.8. The molecule has 1 aromatic heterocycles. The number of halogens is 1. The summed E-state index contributed by atoms with van der Waals surface area (Å²) in [4.78, 5) is 4.25. The molecule has 17 heavy (non-hydrogen) atoms. The van der Waals surface area contributed by atoms with Gasteiger partial charge in [0.15, 0.2) is 0 Å². The minimum absolute atomic E-state index is 0.345. The van der Waals surface area contributed by atoms with E-state index in [1.807, 2.05) is 12.3 Å². The molecule has 0 saturated heterocycles. The van der Waals surface area contributed by atoms with Crippen LogP contribution in [0.25, 0.3) is 0 Å². The van der Waals surface area contributed by atoms with Crippen molar-refractivity contribution >= 4 is 17.0 Å². The lowest BCUT2D eigenvalue weighted by Crippen LogP contribution is -2.06. The minimum atomic E-state index is -0.827. The largest absolute Gasteiger partial charge is 0.398 e. The van der Waals surface area contributed by atoms with Gasteiger partial charge in [-0.3, -0.25) is 0 Å². The number of aromatic nitrogens is 1. The molecular weight excluding hydrogens is 239 g/mol. The van der Waals surface area contributed by atoms with Crippen molar-refractivity contribution in [1.82, 2.24) is 4.98 Å². The van der Waals surface area contributed by atoms with Crippen LogP contribution in [-0.2, 0) is 6.42 Å². The van der Waals surface area contributed by atoms with Crippen LogP contribution < -0.4 is 5.73 Å². The van der Waals surface area contributed by atoms with Crippen molar-refractivity contribution in [1.29, 1.82) is 0 Å². The van der Waals surface area contributed by atoms with Crippen LogP contribution in [0.1, 0.15) is 22.4 Å². The lowest BCUT2D eigenvalue weighted by atomic mass is 10.0. The van der Waals surface area contributed by atoms with Crippen molar-refractivity contribution in [3.63, 3.8) is 0 Å². The average molecular weight is 252 g/mol. The maximum absolute atomic E-state index is 13.1. The maximum Gasteiger partial charge on any atom is 0.123 e. The summed E-state index contributed by atoms with van der Waals surface area (Å²) >= 11 is 1.52. The summed E-state index contributed by atoms with van der Waals surface area (Å²) < 4.78 is 13.1. The first-order valence-corrected chi connectivity index (χ1v) is 6.08. The van der Waals surface area contributed by atoms with Gasteiger partial charge in [-0.25, -0.2) is 9.37 Å². The predicted molar refractivity (Wildman–Crippen MR) is 66.3 cm³/mol. The standard InChI is InChI=1S/C12H13FN2OS/c1-7-15-9(6-17-7)5-12(16)10-4-8(13)2-3-11(10)14/h2-4,6,12,16H,5,14H2,1H3. The smallest absolute Gasteiger partial charge is 0.123 e. The van der Waals surface area contributed by atoms with Crippen molar-refractivity contribution in [2.75, 3.05) is 5.73 Å². The fourth-order valence-electron chi connectivity index (χ4n) is 1.64. The van der Waals surface area contributed by atoms with E-state index in [0.29, 0.717) is 17.7 Å². The van der Waals surface area contributed by atoms with Crippen LogP contribution in [0.3, 0.4) is 0 Å². The fourth-order valence-corrected chi connectivity index (χ4v) is 2.27. The zero-order valence-corrected chi connectivity index (χ0v) is 10.2. The molecule has 0 amide bonds. The van der Waals surface area contributed by atoms with Gasteiger partial charge in [0.25, 0.3) is 0 Å². The third-order valence-electron chi connectivity index (χ3n) is 2.48. The Bertz CT molecular complexity index is 527. The molecule has 90 valence electrons. The first-order valence-electron chi connectivity index (χ1n) is 5.20. The number of nitrogens with zero attached hydrogens (tertiary/aromatic N) is 1. The number of benzene rings is 1. The van der Waals surface area contributed by atoms with E-state index in [0.717, 1.165) is 10.7 Å². The molecule has 0 saturated carbocycles. The minimum Gasteiger partial charge on any atom is -0.398 e. The zero-order valence-electron chi connectivity index (χ0n) is 9.35. The van der Waals surface area contributed by atoms with Gasteiger partial charge in [-0.15, -0.1) is 11.3 Å². The van der Waals surface area contributed by atoms with Gasteiger partial charge in [0.1, 0.15) is 5.82 Å². The molecule has 2 aromatic rings. The molecule has 0 aliphatic carbocycles. The van der Waals surface area contributed by atoms with E-state index in [9.17, 15) is 9.50 Å². The molecule has 1 heterocycles. The van der Waals surface area contributed by atoms with E-state index in [4.69, 9.17) is 5.73 Å². The zero-order chi connectivity index (χ0) is 12.4. The molecule has 0 radical (unpaired) electrons. The summed E-state index contributed by atoms with van der Waals surface area (Å²) in [7, 11) is 0. The molecule has 1 unspecified atom stereocenters. The molecule has 0 spiro atoms. The number of aliphatic hydroxyl groups excluding tert-OH is 1. The highest BCUT2D eigenvalue weighted by Gasteiger charge is 2.14. The molecule has 0 aliphatic rings. The molecule has 5 heteroatoms. The van der Waals surface area contributed by atoms with Crippen LogP contribution in [0.5, 0.6) is 0 Å². The summed E-state index contributed by atoms with van der Waals surface area (Å²) in [5.41, 5.74) is 7.31. The predicted octanol–water partition coefficient (Wildman–Crippen LogP) is 2.45. The number of hydrogen-bond donors (Lipinski definition) is 2. The van der Waals surface area contributed by atoms with Gasteiger partial charge in [0.2, 0.25) is 0 Å². The maximum atomic E-state index is 13.1. The normalized spacial score (nSPS) is 12.6. The van der Waals surface area contributed by atoms with Gasteiger partial charge in [0.05, 0.1) is 16.8 Å². The van der Waals surface area contributed by atoms with Gasteiger partial charge in [0, 0.05) is 23.1 Å². The number of anilines is 1. The number of aryl methyl sites for hydroxylation is 1. The van der Waals surface area contributed by atoms with Gasteiger partial charge in [-0.1, -0.05) is 0 Å². The number of aliphatic hydroxyl groups is 1. The lowest BCUT2D eigenvalue weighted by molar-refractivity contribution is 0.177. The lowest BCUT2D eigenvalue weighted by Gasteiger charge is -2.12. The van der Waals surface area contributed by atoms with Crippen LogP contribution in [-0.4, -0.2) is 10.1 Å². The first-order chi connectivity index (χ1) is 8.06. The van der Waals surface area contributed by atoms with Gasteiger partial charge in [-0.05, 0) is 25.1 Å². The Hall–Kier alpha value is -1.46. The van der Waals surface area contributed by atoms with Crippen LogP contribution in [0.15, 0.2) is 23.6 Å². The van der Waals surface area contributed by atoms with E-state index in [-0.39, 0.29) is 0 Å². The Morgan fingerprint density at radius 1 is 1.53 bits per heavy atom. The van der Waals surface area contributed by atoms with Gasteiger partial charge in [-0.2, -0.15) is 0 Å². The molecule has 2 rings (SSSR count). The van der Waals surface area contributed by atoms with Crippen LogP contribution in [0, 0.1) is 12.7 Å². The number of rotatable bonds is 3. The molecular formula is C12H13FN2OS. The second-order valence-corrected chi connectivity index (χ2v) is 4.91. The highest BCUT2D eigenvalue weighted by molar-refractivity contribution is 7.09. The highest BCUT2D eigenvalue weighted by atomic mass is 32.1. The summed E-state index contributed by atoms with van der Waals surface area (Å²) in [6.45, 7) is 1.90. The Balaban J connectivity index is 2.19. The van der Waals surface area contributed by atoms with Crippen LogP contribution >= 0.6 is 11.3 Å². The van der Waals surface area contributed by atoms with Gasteiger partial charge >= 0.3 is 0 Å². The third kappa shape index (κ3) is 2.81. The molecule has 0 aliphatic heterocycles. The van der Waals surface area contributed by atoms with Crippen molar-refractivity contribution in [2.45, 2.75) is 19.4 Å². The number of nitrogen functional groups attached to an aromatic ring is 1. The SMILES string of the molecule is Cc1nc(CC(O)c2cc(F)ccc2N)cs1. The van der Waals surface area contributed by atoms with Crippen LogP contribution in [0.2, 0.25) is 0 Å². The van der Waals surface area contributed by atoms with Crippen molar-refractivity contribution in [3.05, 3.63) is 45.7 Å². The van der Waals surface area contributed by atoms with E-state index in [1.165, 1.54) is 29.5 Å². The quantitative estimate of drug-likeness (QED) is 0.825. The Morgan fingerprint density at radius 3 is 2.94 bits per heavy atom.